The normalized spacial score (nSPS) is 10.1. The minimum Gasteiger partial charge on any atom is -0.369 e. The van der Waals surface area contributed by atoms with Crippen LogP contribution in [0.15, 0.2) is 12.4 Å². The van der Waals surface area contributed by atoms with Crippen LogP contribution in [0.5, 0.6) is 0 Å². The zero-order chi connectivity index (χ0) is 14.5. The number of nitrogens with one attached hydrogen (secondary N) is 2. The Labute approximate surface area is 117 Å². The fourth-order valence-corrected chi connectivity index (χ4v) is 1.83. The third-order valence-electron chi connectivity index (χ3n) is 2.90. The van der Waals surface area contributed by atoms with Crippen molar-refractivity contribution in [2.45, 2.75) is 27.3 Å². The molecule has 0 amide bonds. The molecule has 0 saturated heterocycles. The maximum absolute atomic E-state index is 9.00. The molecule has 0 unspecified atom stereocenters. The molecule has 0 atom stereocenters. The van der Waals surface area contributed by atoms with Crippen molar-refractivity contribution in [3.8, 4) is 6.07 Å². The van der Waals surface area contributed by atoms with Crippen LogP contribution < -0.4 is 10.6 Å². The summed E-state index contributed by atoms with van der Waals surface area (Å²) < 4.78 is 1.89. The predicted octanol–water partition coefficient (Wildman–Crippen LogP) is 2.05. The van der Waals surface area contributed by atoms with E-state index in [1.54, 1.807) is 6.20 Å². The van der Waals surface area contributed by atoms with Gasteiger partial charge in [0.1, 0.15) is 17.5 Å². The second-order valence-corrected chi connectivity index (χ2v) is 4.18. The van der Waals surface area contributed by atoms with Gasteiger partial charge in [-0.05, 0) is 20.8 Å². The fraction of sp³-hybridized carbons (Fsp3) is 0.385. The summed E-state index contributed by atoms with van der Waals surface area (Å²) in [6.07, 6.45) is 3.25. The number of hydrogen-bond donors (Lipinski definition) is 2. The van der Waals surface area contributed by atoms with Gasteiger partial charge in [0.25, 0.3) is 0 Å². The fourth-order valence-electron chi connectivity index (χ4n) is 1.83. The van der Waals surface area contributed by atoms with E-state index in [2.05, 4.69) is 31.8 Å². The molecule has 0 aromatic carbocycles. The van der Waals surface area contributed by atoms with Crippen LogP contribution in [0.25, 0.3) is 0 Å². The maximum Gasteiger partial charge on any atom is 0.229 e. The predicted molar refractivity (Wildman–Crippen MR) is 76.8 cm³/mol. The summed E-state index contributed by atoms with van der Waals surface area (Å²) in [6.45, 7) is 7.47. The van der Waals surface area contributed by atoms with Crippen LogP contribution in [0.3, 0.4) is 0 Å². The first kappa shape index (κ1) is 13.8. The van der Waals surface area contributed by atoms with Gasteiger partial charge in [0.05, 0.1) is 23.8 Å². The highest BCUT2D eigenvalue weighted by Crippen LogP contribution is 2.19. The zero-order valence-corrected chi connectivity index (χ0v) is 11.8. The molecule has 2 aromatic rings. The Balaban J connectivity index is 2.27. The molecule has 0 aliphatic carbocycles. The molecule has 7 nitrogen and oxygen atoms in total. The summed E-state index contributed by atoms with van der Waals surface area (Å²) in [5.41, 5.74) is 2.31. The Morgan fingerprint density at radius 1 is 1.35 bits per heavy atom. The van der Waals surface area contributed by atoms with E-state index in [4.69, 9.17) is 5.26 Å². The third-order valence-corrected chi connectivity index (χ3v) is 2.90. The molecule has 2 N–H and O–H groups in total. The zero-order valence-electron chi connectivity index (χ0n) is 11.8. The lowest BCUT2D eigenvalue weighted by Crippen LogP contribution is -2.06. The quantitative estimate of drug-likeness (QED) is 0.864. The van der Waals surface area contributed by atoms with Gasteiger partial charge in [-0.3, -0.25) is 4.68 Å². The standard InChI is InChI=1S/C13H17N7/c1-4-15-12-10(6-14)7-16-13(19-12)18-11-8-17-20(5-2)9(11)3/h7-8H,4-5H2,1-3H3,(H2,15,16,18,19). The molecule has 0 radical (unpaired) electrons. The molecule has 7 heteroatoms. The Morgan fingerprint density at radius 3 is 2.75 bits per heavy atom. The van der Waals surface area contributed by atoms with Crippen molar-refractivity contribution in [2.24, 2.45) is 0 Å². The van der Waals surface area contributed by atoms with Crippen molar-refractivity contribution >= 4 is 17.5 Å². The first-order chi connectivity index (χ1) is 9.69. The van der Waals surface area contributed by atoms with E-state index in [0.717, 1.165) is 17.9 Å². The van der Waals surface area contributed by atoms with Gasteiger partial charge >= 0.3 is 0 Å². The number of hydrogen-bond acceptors (Lipinski definition) is 6. The average molecular weight is 271 g/mol. The molecule has 0 aliphatic heterocycles. The van der Waals surface area contributed by atoms with Gasteiger partial charge in [-0.25, -0.2) is 4.98 Å². The van der Waals surface area contributed by atoms with Crippen molar-refractivity contribution in [1.82, 2.24) is 19.7 Å². The van der Waals surface area contributed by atoms with Gasteiger partial charge < -0.3 is 10.6 Å². The summed E-state index contributed by atoms with van der Waals surface area (Å²) >= 11 is 0. The van der Waals surface area contributed by atoms with Crippen molar-refractivity contribution in [1.29, 1.82) is 5.26 Å². The average Bonchev–Trinajstić information content (AvgIpc) is 2.80. The molecule has 20 heavy (non-hydrogen) atoms. The van der Waals surface area contributed by atoms with Gasteiger partial charge in [0.2, 0.25) is 5.95 Å². The Kier molecular flexibility index (Phi) is 4.15. The lowest BCUT2D eigenvalue weighted by atomic mass is 10.3. The number of anilines is 3. The van der Waals surface area contributed by atoms with Crippen LogP contribution in [0.1, 0.15) is 25.1 Å². The highest BCUT2D eigenvalue weighted by Gasteiger charge is 2.09. The van der Waals surface area contributed by atoms with Crippen LogP contribution >= 0.6 is 0 Å². The molecule has 0 saturated carbocycles. The third kappa shape index (κ3) is 2.69. The molecule has 0 aliphatic rings. The number of aryl methyl sites for hydroxylation is 1. The SMILES string of the molecule is CCNc1nc(Nc2cnn(CC)c2C)ncc1C#N. The summed E-state index contributed by atoms with van der Waals surface area (Å²) in [5, 5.41) is 19.4. The molecule has 2 rings (SSSR count). The molecule has 0 spiro atoms. The molecular formula is C13H17N7. The topological polar surface area (TPSA) is 91.4 Å². The smallest absolute Gasteiger partial charge is 0.229 e. The van der Waals surface area contributed by atoms with E-state index < -0.39 is 0 Å². The minimum atomic E-state index is 0.429. The van der Waals surface area contributed by atoms with E-state index in [0.29, 0.717) is 23.9 Å². The van der Waals surface area contributed by atoms with E-state index in [1.165, 1.54) is 6.20 Å². The van der Waals surface area contributed by atoms with Crippen LogP contribution in [0.2, 0.25) is 0 Å². The number of aromatic nitrogens is 4. The molecule has 2 aromatic heterocycles. The molecule has 0 bridgehead atoms. The van der Waals surface area contributed by atoms with E-state index in [9.17, 15) is 0 Å². The van der Waals surface area contributed by atoms with Gasteiger partial charge in [-0.15, -0.1) is 0 Å². The van der Waals surface area contributed by atoms with Crippen molar-refractivity contribution in [3.05, 3.63) is 23.7 Å². The monoisotopic (exact) mass is 271 g/mol. The molecule has 2 heterocycles. The lowest BCUT2D eigenvalue weighted by molar-refractivity contribution is 0.640. The van der Waals surface area contributed by atoms with Gasteiger partial charge in [-0.1, -0.05) is 0 Å². The van der Waals surface area contributed by atoms with E-state index >= 15 is 0 Å². The van der Waals surface area contributed by atoms with Gasteiger partial charge in [0.15, 0.2) is 0 Å². The Hall–Kier alpha value is -2.62. The van der Waals surface area contributed by atoms with Crippen molar-refractivity contribution in [3.63, 3.8) is 0 Å². The van der Waals surface area contributed by atoms with Gasteiger partial charge in [-0.2, -0.15) is 15.3 Å². The highest BCUT2D eigenvalue weighted by atomic mass is 15.3. The van der Waals surface area contributed by atoms with Crippen LogP contribution in [-0.4, -0.2) is 26.3 Å². The summed E-state index contributed by atoms with van der Waals surface area (Å²) in [5.74, 6) is 0.978. The lowest BCUT2D eigenvalue weighted by Gasteiger charge is -2.08. The maximum atomic E-state index is 9.00. The van der Waals surface area contributed by atoms with Crippen molar-refractivity contribution in [2.75, 3.05) is 17.2 Å². The summed E-state index contributed by atoms with van der Waals surface area (Å²) in [4.78, 5) is 8.45. The molecular weight excluding hydrogens is 254 g/mol. The second-order valence-electron chi connectivity index (χ2n) is 4.18. The largest absolute Gasteiger partial charge is 0.369 e. The highest BCUT2D eigenvalue weighted by molar-refractivity contribution is 5.59. The van der Waals surface area contributed by atoms with Gasteiger partial charge in [0, 0.05) is 13.1 Å². The summed E-state index contributed by atoms with van der Waals surface area (Å²) in [6, 6.07) is 2.06. The Morgan fingerprint density at radius 2 is 2.15 bits per heavy atom. The van der Waals surface area contributed by atoms with Crippen molar-refractivity contribution < 1.29 is 0 Å². The number of nitrogens with zero attached hydrogens (tertiary/aromatic N) is 5. The first-order valence-corrected chi connectivity index (χ1v) is 6.50. The van der Waals surface area contributed by atoms with Crippen LogP contribution in [0.4, 0.5) is 17.5 Å². The van der Waals surface area contributed by atoms with Crippen LogP contribution in [-0.2, 0) is 6.54 Å². The van der Waals surface area contributed by atoms with E-state index in [1.807, 2.05) is 25.5 Å². The molecule has 0 fully saturated rings. The second kappa shape index (κ2) is 6.02. The first-order valence-electron chi connectivity index (χ1n) is 6.50. The summed E-state index contributed by atoms with van der Waals surface area (Å²) in [7, 11) is 0. The molecule has 104 valence electrons. The Bertz CT molecular complexity index is 639. The number of nitriles is 1. The number of rotatable bonds is 5. The van der Waals surface area contributed by atoms with Crippen LogP contribution in [0, 0.1) is 18.3 Å². The van der Waals surface area contributed by atoms with E-state index in [-0.39, 0.29) is 0 Å². The minimum absolute atomic E-state index is 0.429.